The van der Waals surface area contributed by atoms with Gasteiger partial charge in [-0.3, -0.25) is 0 Å². The molecule has 55 heavy (non-hydrogen) atoms. The van der Waals surface area contributed by atoms with Gasteiger partial charge in [-0.2, -0.15) is 4.98 Å². The number of amides is 2. The normalized spacial score (nSPS) is 11.7. The predicted molar refractivity (Wildman–Crippen MR) is 213 cm³/mol. The van der Waals surface area contributed by atoms with Crippen molar-refractivity contribution in [2.75, 3.05) is 62.7 Å². The van der Waals surface area contributed by atoms with Gasteiger partial charge in [-0.15, -0.1) is 0 Å². The molecule has 0 spiro atoms. The Bertz CT molecular complexity index is 2230. The summed E-state index contributed by atoms with van der Waals surface area (Å²) in [6.45, 7) is 12.3. The van der Waals surface area contributed by atoms with E-state index in [2.05, 4.69) is 25.9 Å². The summed E-state index contributed by atoms with van der Waals surface area (Å²) < 4.78 is 52.9. The van der Waals surface area contributed by atoms with Crippen LogP contribution in [0.25, 0.3) is 10.8 Å². The number of methoxy groups -OCH3 is 1. The average Bonchev–Trinajstić information content (AvgIpc) is 3.12. The molecule has 5 aromatic rings. The summed E-state index contributed by atoms with van der Waals surface area (Å²) >= 11 is 0. The molecule has 0 saturated heterocycles. The molecule has 0 aliphatic rings. The van der Waals surface area contributed by atoms with Crippen molar-refractivity contribution in [3.05, 3.63) is 95.7 Å². The minimum absolute atomic E-state index is 0.0448. The van der Waals surface area contributed by atoms with E-state index < -0.39 is 21.5 Å². The summed E-state index contributed by atoms with van der Waals surface area (Å²) in [5, 5.41) is 15.9. The van der Waals surface area contributed by atoms with Crippen LogP contribution >= 0.6 is 0 Å². The maximum absolute atomic E-state index is 13.4. The smallest absolute Gasteiger partial charge is 0.323 e. The number of nitrogens with one attached hydrogen (secondary N) is 3. The van der Waals surface area contributed by atoms with E-state index in [0.29, 0.717) is 90.9 Å². The molecule has 0 aliphatic heterocycles. The first-order valence-electron chi connectivity index (χ1n) is 17.7. The van der Waals surface area contributed by atoms with E-state index in [0.717, 1.165) is 16.6 Å². The zero-order valence-electron chi connectivity index (χ0n) is 31.9. The molecule has 5 N–H and O–H groups in total. The van der Waals surface area contributed by atoms with Crippen molar-refractivity contribution in [2.24, 2.45) is 5.14 Å². The molecule has 0 fully saturated rings. The number of hydrogen-bond donors (Lipinski definition) is 4. The maximum Gasteiger partial charge on any atom is 0.323 e. The van der Waals surface area contributed by atoms with Gasteiger partial charge in [0, 0.05) is 47.6 Å². The number of nitrogens with zero attached hydrogens (tertiary/aromatic N) is 2. The number of aryl methyl sites for hydroxylation is 1. The van der Waals surface area contributed by atoms with E-state index in [1.165, 1.54) is 0 Å². The van der Waals surface area contributed by atoms with E-state index in [9.17, 15) is 13.2 Å². The summed E-state index contributed by atoms with van der Waals surface area (Å²) in [5.41, 5.74) is 3.21. The molecule has 0 unspecified atom stereocenters. The number of fused-ring (bicyclic) bond motifs is 1. The van der Waals surface area contributed by atoms with Gasteiger partial charge in [-0.25, -0.2) is 23.3 Å². The summed E-state index contributed by atoms with van der Waals surface area (Å²) in [6.07, 6.45) is 1.59. The first-order valence-corrected chi connectivity index (χ1v) is 19.2. The Labute approximate surface area is 321 Å². The molecular formula is C40H48N6O8S. The van der Waals surface area contributed by atoms with E-state index >= 15 is 0 Å². The van der Waals surface area contributed by atoms with Gasteiger partial charge < -0.3 is 39.6 Å². The van der Waals surface area contributed by atoms with Gasteiger partial charge in [0.1, 0.15) is 18.1 Å². The number of aromatic nitrogens is 2. The van der Waals surface area contributed by atoms with E-state index in [4.69, 9.17) is 28.8 Å². The van der Waals surface area contributed by atoms with Crippen LogP contribution in [0.3, 0.4) is 0 Å². The predicted octanol–water partition coefficient (Wildman–Crippen LogP) is 7.43. The fourth-order valence-electron chi connectivity index (χ4n) is 5.58. The molecular weight excluding hydrogens is 725 g/mol. The van der Waals surface area contributed by atoms with Crippen molar-refractivity contribution in [1.29, 1.82) is 0 Å². The molecule has 4 aromatic carbocycles. The van der Waals surface area contributed by atoms with Crippen LogP contribution in [0.5, 0.6) is 17.4 Å². The zero-order chi connectivity index (χ0) is 39.6. The van der Waals surface area contributed by atoms with Crippen molar-refractivity contribution in [3.63, 3.8) is 0 Å². The highest BCUT2D eigenvalue weighted by molar-refractivity contribution is 7.89. The van der Waals surface area contributed by atoms with Crippen LogP contribution in [-0.2, 0) is 29.6 Å². The Morgan fingerprint density at radius 1 is 0.818 bits per heavy atom. The second kappa shape index (κ2) is 18.3. The third-order valence-corrected chi connectivity index (χ3v) is 9.40. The van der Waals surface area contributed by atoms with Gasteiger partial charge in [0.2, 0.25) is 21.9 Å². The number of carbonyl (C=O) groups excluding carboxylic acids is 1. The molecule has 2 amide bonds. The molecule has 0 aliphatic carbocycles. The van der Waals surface area contributed by atoms with Crippen LogP contribution in [0, 0.1) is 13.8 Å². The van der Waals surface area contributed by atoms with Crippen LogP contribution in [0.1, 0.15) is 37.5 Å². The van der Waals surface area contributed by atoms with Gasteiger partial charge in [0.05, 0.1) is 43.6 Å². The van der Waals surface area contributed by atoms with Gasteiger partial charge in [0.15, 0.2) is 0 Å². The summed E-state index contributed by atoms with van der Waals surface area (Å²) in [4.78, 5) is 22.2. The molecule has 5 rings (SSSR count). The van der Waals surface area contributed by atoms with Gasteiger partial charge in [-0.05, 0) is 72.4 Å². The lowest BCUT2D eigenvalue weighted by molar-refractivity contribution is 0.0180. The number of rotatable bonds is 17. The van der Waals surface area contributed by atoms with Crippen LogP contribution in [-0.4, -0.2) is 71.2 Å². The molecule has 0 radical (unpaired) electrons. The minimum atomic E-state index is -4.04. The Hall–Kier alpha value is -5.32. The fourth-order valence-corrected chi connectivity index (χ4v) is 6.41. The van der Waals surface area contributed by atoms with Crippen LogP contribution in [0.2, 0.25) is 0 Å². The molecule has 0 atom stereocenters. The quantitative estimate of drug-likeness (QED) is 0.0689. The SMILES string of the molecule is COCCOCCOCCOc1cc(C)cc(Nc2nccc(Oc3ccc(NC(=O)Nc4cc(C(C)(C)C)cc(S(N)(=O)=O)c4C)c4ccccc34)n2)c1. The van der Waals surface area contributed by atoms with E-state index in [-0.39, 0.29) is 4.90 Å². The van der Waals surface area contributed by atoms with Gasteiger partial charge in [0.25, 0.3) is 0 Å². The first-order chi connectivity index (χ1) is 26.2. The lowest BCUT2D eigenvalue weighted by atomic mass is 9.86. The Balaban J connectivity index is 1.25. The standard InChI is InChI=1S/C40H48N6O8S/c1-26-21-29(25-30(22-26)53-20-19-52-18-17-51-16-15-50-6)43-38-42-14-13-37(46-38)54-35-12-11-33(31-9-7-8-10-32(31)35)44-39(47)45-34-23-28(40(3,4)5)24-36(27(34)2)55(41,48)49/h7-14,21-25H,15-20H2,1-6H3,(H2,41,48,49)(H,42,43,46)(H2,44,45,47). The molecule has 292 valence electrons. The highest BCUT2D eigenvalue weighted by Gasteiger charge is 2.23. The third kappa shape index (κ3) is 11.6. The van der Waals surface area contributed by atoms with Crippen molar-refractivity contribution in [1.82, 2.24) is 9.97 Å². The lowest BCUT2D eigenvalue weighted by Gasteiger charge is -2.23. The third-order valence-electron chi connectivity index (χ3n) is 8.36. The van der Waals surface area contributed by atoms with Gasteiger partial charge in [-0.1, -0.05) is 45.0 Å². The van der Waals surface area contributed by atoms with E-state index in [1.807, 2.05) is 70.2 Å². The number of carbonyl (C=O) groups is 1. The molecule has 0 saturated carbocycles. The van der Waals surface area contributed by atoms with Crippen LogP contribution < -0.4 is 30.6 Å². The average molecular weight is 773 g/mol. The Morgan fingerprint density at radius 3 is 2.22 bits per heavy atom. The highest BCUT2D eigenvalue weighted by Crippen LogP contribution is 2.35. The number of urea groups is 1. The number of nitrogens with two attached hydrogens (primary N) is 1. The van der Waals surface area contributed by atoms with Gasteiger partial charge >= 0.3 is 6.03 Å². The number of anilines is 4. The maximum atomic E-state index is 13.4. The molecule has 15 heteroatoms. The number of hydrogen-bond acceptors (Lipinski definition) is 11. The first kappa shape index (κ1) is 40.9. The topological polar surface area (TPSA) is 185 Å². The van der Waals surface area contributed by atoms with Crippen molar-refractivity contribution in [3.8, 4) is 17.4 Å². The van der Waals surface area contributed by atoms with Crippen molar-refractivity contribution in [2.45, 2.75) is 44.9 Å². The number of ether oxygens (including phenoxy) is 5. The fraction of sp³-hybridized carbons (Fsp3) is 0.325. The highest BCUT2D eigenvalue weighted by atomic mass is 32.2. The molecule has 1 aromatic heterocycles. The van der Waals surface area contributed by atoms with Crippen LogP contribution in [0.15, 0.2) is 83.9 Å². The van der Waals surface area contributed by atoms with Crippen LogP contribution in [0.4, 0.5) is 27.8 Å². The second-order valence-corrected chi connectivity index (χ2v) is 15.3. The van der Waals surface area contributed by atoms with E-state index in [1.54, 1.807) is 50.6 Å². The molecule has 1 heterocycles. The molecule has 14 nitrogen and oxygen atoms in total. The molecule has 0 bridgehead atoms. The lowest BCUT2D eigenvalue weighted by Crippen LogP contribution is -2.23. The number of benzene rings is 4. The second-order valence-electron chi connectivity index (χ2n) is 13.7. The summed E-state index contributed by atoms with van der Waals surface area (Å²) in [5.74, 6) is 1.80. The Kier molecular flexibility index (Phi) is 13.6. The monoisotopic (exact) mass is 772 g/mol. The zero-order valence-corrected chi connectivity index (χ0v) is 32.7. The number of sulfonamides is 1. The van der Waals surface area contributed by atoms with Crippen molar-refractivity contribution < 1.29 is 36.9 Å². The Morgan fingerprint density at radius 2 is 1.51 bits per heavy atom. The summed E-state index contributed by atoms with van der Waals surface area (Å²) in [7, 11) is -2.40. The summed E-state index contributed by atoms with van der Waals surface area (Å²) in [6, 6.07) is 21.1. The minimum Gasteiger partial charge on any atom is -0.491 e. The van der Waals surface area contributed by atoms with Crippen molar-refractivity contribution >= 4 is 49.8 Å². The number of primary sulfonamides is 1. The largest absolute Gasteiger partial charge is 0.491 e.